The van der Waals surface area contributed by atoms with Gasteiger partial charge >= 0.3 is 0 Å². The van der Waals surface area contributed by atoms with E-state index in [2.05, 4.69) is 5.32 Å². The molecule has 0 radical (unpaired) electrons. The number of nitrogens with zero attached hydrogens (tertiary/aromatic N) is 2. The number of amides is 2. The predicted octanol–water partition coefficient (Wildman–Crippen LogP) is 4.75. The molecular formula is C30H36FN3O5S. The minimum Gasteiger partial charge on any atom is -0.497 e. The maximum absolute atomic E-state index is 14.0. The molecule has 0 aliphatic heterocycles. The van der Waals surface area contributed by atoms with Crippen LogP contribution >= 0.6 is 0 Å². The fourth-order valence-electron chi connectivity index (χ4n) is 4.14. The molecule has 3 aromatic rings. The van der Waals surface area contributed by atoms with Crippen molar-refractivity contribution in [1.29, 1.82) is 0 Å². The first-order valence-electron chi connectivity index (χ1n) is 13.2. The Labute approximate surface area is 235 Å². The van der Waals surface area contributed by atoms with E-state index in [0.29, 0.717) is 18.6 Å². The number of halogens is 1. The summed E-state index contributed by atoms with van der Waals surface area (Å²) in [4.78, 5) is 28.7. The predicted molar refractivity (Wildman–Crippen MR) is 153 cm³/mol. The molecule has 0 aliphatic rings. The number of anilines is 1. The number of ether oxygens (including phenoxy) is 1. The Kier molecular flexibility index (Phi) is 10.7. The molecule has 0 spiro atoms. The van der Waals surface area contributed by atoms with E-state index < -0.39 is 34.3 Å². The minimum absolute atomic E-state index is 0.0182. The summed E-state index contributed by atoms with van der Waals surface area (Å²) in [6.07, 6.45) is 1.02. The number of benzene rings is 3. The molecule has 214 valence electrons. The molecule has 0 heterocycles. The fraction of sp³-hybridized carbons (Fsp3) is 0.333. The summed E-state index contributed by atoms with van der Waals surface area (Å²) in [6.45, 7) is 5.10. The third-order valence-corrected chi connectivity index (χ3v) is 8.41. The lowest BCUT2D eigenvalue weighted by Crippen LogP contribution is -2.53. The Hall–Kier alpha value is -3.92. The monoisotopic (exact) mass is 569 g/mol. The SMILES string of the molecule is CC[C@H](C(=O)N[C@@H](C)CC)N(Cc1ccc(OC)cc1)C(=O)CN(c1ccc(F)cc1)S(=O)(=O)c1ccccc1. The zero-order chi connectivity index (χ0) is 29.3. The molecule has 0 bridgehead atoms. The lowest BCUT2D eigenvalue weighted by Gasteiger charge is -2.33. The van der Waals surface area contributed by atoms with Crippen molar-refractivity contribution in [1.82, 2.24) is 10.2 Å². The number of hydrogen-bond donors (Lipinski definition) is 1. The van der Waals surface area contributed by atoms with E-state index in [4.69, 9.17) is 4.74 Å². The molecule has 3 aromatic carbocycles. The summed E-state index contributed by atoms with van der Waals surface area (Å²) < 4.78 is 47.4. The molecule has 0 fully saturated rings. The Morgan fingerprint density at radius 1 is 0.925 bits per heavy atom. The first kappa shape index (κ1) is 30.6. The maximum atomic E-state index is 14.0. The Bertz CT molecular complexity index is 1370. The summed E-state index contributed by atoms with van der Waals surface area (Å²) in [7, 11) is -2.66. The van der Waals surface area contributed by atoms with Gasteiger partial charge in [-0.1, -0.05) is 44.2 Å². The molecule has 2 amide bonds. The smallest absolute Gasteiger partial charge is 0.264 e. The van der Waals surface area contributed by atoms with E-state index in [1.165, 1.54) is 29.2 Å². The second-order valence-electron chi connectivity index (χ2n) is 9.41. The van der Waals surface area contributed by atoms with Gasteiger partial charge in [-0.05, 0) is 73.9 Å². The van der Waals surface area contributed by atoms with E-state index in [9.17, 15) is 22.4 Å². The van der Waals surface area contributed by atoms with Crippen LogP contribution in [0.3, 0.4) is 0 Å². The third kappa shape index (κ3) is 7.59. The van der Waals surface area contributed by atoms with Gasteiger partial charge in [0.1, 0.15) is 24.2 Å². The number of carbonyl (C=O) groups excluding carboxylic acids is 2. The highest BCUT2D eigenvalue weighted by Gasteiger charge is 2.34. The van der Waals surface area contributed by atoms with Gasteiger partial charge < -0.3 is 15.0 Å². The van der Waals surface area contributed by atoms with Gasteiger partial charge in [0.25, 0.3) is 10.0 Å². The lowest BCUT2D eigenvalue weighted by atomic mass is 10.1. The van der Waals surface area contributed by atoms with E-state index >= 15 is 0 Å². The van der Waals surface area contributed by atoms with Crippen LogP contribution < -0.4 is 14.4 Å². The van der Waals surface area contributed by atoms with Crippen LogP contribution in [0.25, 0.3) is 0 Å². The molecule has 0 aliphatic carbocycles. The summed E-state index contributed by atoms with van der Waals surface area (Å²) in [5.41, 5.74) is 0.864. The molecule has 0 saturated heterocycles. The topological polar surface area (TPSA) is 96.0 Å². The van der Waals surface area contributed by atoms with Crippen LogP contribution in [0, 0.1) is 5.82 Å². The quantitative estimate of drug-likeness (QED) is 0.321. The van der Waals surface area contributed by atoms with E-state index in [-0.39, 0.29) is 29.1 Å². The average molecular weight is 570 g/mol. The van der Waals surface area contributed by atoms with Gasteiger partial charge in [0.2, 0.25) is 11.8 Å². The van der Waals surface area contributed by atoms with Crippen LogP contribution in [0.4, 0.5) is 10.1 Å². The molecule has 8 nitrogen and oxygen atoms in total. The summed E-state index contributed by atoms with van der Waals surface area (Å²) in [5.74, 6) is -0.801. The fourth-order valence-corrected chi connectivity index (χ4v) is 5.58. The van der Waals surface area contributed by atoms with Crippen molar-refractivity contribution in [3.8, 4) is 5.75 Å². The van der Waals surface area contributed by atoms with Gasteiger partial charge in [0.15, 0.2) is 0 Å². The van der Waals surface area contributed by atoms with E-state index in [1.807, 2.05) is 13.8 Å². The summed E-state index contributed by atoms with van der Waals surface area (Å²) in [5, 5.41) is 2.94. The molecule has 0 aromatic heterocycles. The van der Waals surface area contributed by atoms with Crippen molar-refractivity contribution < 1.29 is 27.1 Å². The standard InChI is InChI=1S/C30H36FN3O5S/c1-5-22(3)32-30(36)28(6-2)33(20-23-12-18-26(39-4)19-13-23)29(35)21-34(25-16-14-24(31)15-17-25)40(37,38)27-10-8-7-9-11-27/h7-19,22,28H,5-6,20-21H2,1-4H3,(H,32,36)/t22-,28+/m0/s1. The molecule has 40 heavy (non-hydrogen) atoms. The minimum atomic E-state index is -4.21. The number of sulfonamides is 1. The first-order chi connectivity index (χ1) is 19.1. The van der Waals surface area contributed by atoms with Crippen LogP contribution in [-0.4, -0.2) is 50.9 Å². The summed E-state index contributed by atoms with van der Waals surface area (Å²) >= 11 is 0. The number of hydrogen-bond acceptors (Lipinski definition) is 5. The largest absolute Gasteiger partial charge is 0.497 e. The highest BCUT2D eigenvalue weighted by Crippen LogP contribution is 2.25. The van der Waals surface area contributed by atoms with Crippen molar-refractivity contribution in [3.63, 3.8) is 0 Å². The van der Waals surface area contributed by atoms with Crippen LogP contribution in [0.15, 0.2) is 83.8 Å². The Morgan fingerprint density at radius 3 is 2.10 bits per heavy atom. The molecular weight excluding hydrogens is 533 g/mol. The molecule has 0 unspecified atom stereocenters. The number of carbonyl (C=O) groups is 2. The van der Waals surface area contributed by atoms with Crippen LogP contribution in [0.2, 0.25) is 0 Å². The number of nitrogens with one attached hydrogen (secondary N) is 1. The van der Waals surface area contributed by atoms with Gasteiger partial charge in [0.05, 0.1) is 17.7 Å². The first-order valence-corrected chi connectivity index (χ1v) is 14.6. The highest BCUT2D eigenvalue weighted by molar-refractivity contribution is 7.92. The second kappa shape index (κ2) is 13.9. The van der Waals surface area contributed by atoms with Crippen molar-refractivity contribution in [2.24, 2.45) is 0 Å². The number of methoxy groups -OCH3 is 1. The molecule has 1 N–H and O–H groups in total. The molecule has 2 atom stereocenters. The van der Waals surface area contributed by atoms with Crippen LogP contribution in [0.1, 0.15) is 39.2 Å². The molecule has 10 heteroatoms. The van der Waals surface area contributed by atoms with Gasteiger partial charge in [-0.3, -0.25) is 13.9 Å². The zero-order valence-electron chi connectivity index (χ0n) is 23.2. The van der Waals surface area contributed by atoms with Crippen molar-refractivity contribution in [2.75, 3.05) is 18.0 Å². The highest BCUT2D eigenvalue weighted by atomic mass is 32.2. The van der Waals surface area contributed by atoms with E-state index in [0.717, 1.165) is 22.0 Å². The molecule has 3 rings (SSSR count). The number of rotatable bonds is 13. The third-order valence-electron chi connectivity index (χ3n) is 6.62. The normalized spacial score (nSPS) is 12.7. The van der Waals surface area contributed by atoms with Gasteiger partial charge in [-0.15, -0.1) is 0 Å². The zero-order valence-corrected chi connectivity index (χ0v) is 24.0. The maximum Gasteiger partial charge on any atom is 0.264 e. The Balaban J connectivity index is 2.03. The van der Waals surface area contributed by atoms with Crippen LogP contribution in [0.5, 0.6) is 5.75 Å². The van der Waals surface area contributed by atoms with Gasteiger partial charge in [0, 0.05) is 12.6 Å². The molecule has 0 saturated carbocycles. The van der Waals surface area contributed by atoms with Gasteiger partial charge in [-0.2, -0.15) is 0 Å². The average Bonchev–Trinajstić information content (AvgIpc) is 2.96. The van der Waals surface area contributed by atoms with Crippen LogP contribution in [-0.2, 0) is 26.2 Å². The van der Waals surface area contributed by atoms with Crippen molar-refractivity contribution >= 4 is 27.5 Å². The van der Waals surface area contributed by atoms with Gasteiger partial charge in [-0.25, -0.2) is 12.8 Å². The second-order valence-corrected chi connectivity index (χ2v) is 11.3. The van der Waals surface area contributed by atoms with E-state index in [1.54, 1.807) is 56.5 Å². The van der Waals surface area contributed by atoms with Crippen molar-refractivity contribution in [3.05, 3.63) is 90.2 Å². The van der Waals surface area contributed by atoms with Crippen molar-refractivity contribution in [2.45, 2.75) is 57.1 Å². The lowest BCUT2D eigenvalue weighted by molar-refractivity contribution is -0.140. The summed E-state index contributed by atoms with van der Waals surface area (Å²) in [6, 6.07) is 18.7. The Morgan fingerprint density at radius 2 is 1.55 bits per heavy atom.